The standard InChI is InChI=1S/C11H20N4O2S/c1-11(2,3)8-15(4)18(16,17)9-5-6-13-10(7-9)14-12/h5-7H,8,12H2,1-4H3,(H,13,14). The van der Waals surface area contributed by atoms with Gasteiger partial charge in [0.05, 0.1) is 4.90 Å². The molecule has 3 N–H and O–H groups in total. The van der Waals surface area contributed by atoms with Crippen LogP contribution in [0, 0.1) is 5.41 Å². The first-order valence-corrected chi connectivity index (χ1v) is 7.00. The van der Waals surface area contributed by atoms with E-state index < -0.39 is 10.0 Å². The van der Waals surface area contributed by atoms with Gasteiger partial charge >= 0.3 is 0 Å². The van der Waals surface area contributed by atoms with Crippen LogP contribution in [0.5, 0.6) is 0 Å². The van der Waals surface area contributed by atoms with Crippen LogP contribution in [-0.2, 0) is 10.0 Å². The van der Waals surface area contributed by atoms with E-state index in [1.165, 1.54) is 22.6 Å². The minimum Gasteiger partial charge on any atom is -0.308 e. The molecule has 0 amide bonds. The van der Waals surface area contributed by atoms with Crippen LogP contribution in [0.4, 0.5) is 5.82 Å². The second-order valence-electron chi connectivity index (χ2n) is 5.34. The fourth-order valence-electron chi connectivity index (χ4n) is 1.58. The summed E-state index contributed by atoms with van der Waals surface area (Å²) in [6.45, 7) is 6.39. The van der Waals surface area contributed by atoms with Crippen molar-refractivity contribution in [2.24, 2.45) is 11.3 Å². The van der Waals surface area contributed by atoms with E-state index in [9.17, 15) is 8.42 Å². The van der Waals surface area contributed by atoms with E-state index in [0.29, 0.717) is 12.4 Å². The molecule has 0 aliphatic rings. The zero-order valence-electron chi connectivity index (χ0n) is 11.1. The number of nitrogens with one attached hydrogen (secondary N) is 1. The molecule has 7 heteroatoms. The molecular weight excluding hydrogens is 252 g/mol. The minimum atomic E-state index is -3.51. The van der Waals surface area contributed by atoms with E-state index in [-0.39, 0.29) is 10.3 Å². The smallest absolute Gasteiger partial charge is 0.243 e. The van der Waals surface area contributed by atoms with Gasteiger partial charge in [0, 0.05) is 25.9 Å². The predicted molar refractivity (Wildman–Crippen MR) is 71.3 cm³/mol. The normalized spacial score (nSPS) is 12.8. The van der Waals surface area contributed by atoms with Crippen LogP contribution in [0.25, 0.3) is 0 Å². The van der Waals surface area contributed by atoms with Crippen LogP contribution in [0.2, 0.25) is 0 Å². The summed E-state index contributed by atoms with van der Waals surface area (Å²) in [7, 11) is -1.94. The highest BCUT2D eigenvalue weighted by Gasteiger charge is 2.25. The molecule has 1 aromatic heterocycles. The summed E-state index contributed by atoms with van der Waals surface area (Å²) in [5.74, 6) is 5.54. The van der Waals surface area contributed by atoms with E-state index in [0.717, 1.165) is 0 Å². The zero-order chi connectivity index (χ0) is 14.0. The lowest BCUT2D eigenvalue weighted by atomic mass is 9.97. The van der Waals surface area contributed by atoms with Gasteiger partial charge in [-0.2, -0.15) is 0 Å². The molecule has 102 valence electrons. The van der Waals surface area contributed by atoms with Gasteiger partial charge in [-0.3, -0.25) is 0 Å². The molecule has 1 rings (SSSR count). The van der Waals surface area contributed by atoms with E-state index in [1.54, 1.807) is 7.05 Å². The molecule has 0 bridgehead atoms. The van der Waals surface area contributed by atoms with E-state index in [2.05, 4.69) is 10.4 Å². The maximum absolute atomic E-state index is 12.3. The van der Waals surface area contributed by atoms with Crippen LogP contribution >= 0.6 is 0 Å². The van der Waals surface area contributed by atoms with E-state index in [4.69, 9.17) is 5.84 Å². The summed E-state index contributed by atoms with van der Waals surface area (Å²) in [6, 6.07) is 2.86. The van der Waals surface area contributed by atoms with Crippen molar-refractivity contribution in [3.05, 3.63) is 18.3 Å². The maximum Gasteiger partial charge on any atom is 0.243 e. The highest BCUT2D eigenvalue weighted by molar-refractivity contribution is 7.89. The quantitative estimate of drug-likeness (QED) is 0.631. The number of sulfonamides is 1. The second kappa shape index (κ2) is 5.21. The molecule has 0 saturated carbocycles. The Balaban J connectivity index is 3.05. The number of nitrogens with two attached hydrogens (primary N) is 1. The lowest BCUT2D eigenvalue weighted by Crippen LogP contribution is -2.34. The van der Waals surface area contributed by atoms with E-state index >= 15 is 0 Å². The van der Waals surface area contributed by atoms with E-state index in [1.807, 2.05) is 20.8 Å². The molecule has 0 aliphatic carbocycles. The van der Waals surface area contributed by atoms with Gasteiger partial charge in [0.1, 0.15) is 5.82 Å². The van der Waals surface area contributed by atoms with Crippen LogP contribution < -0.4 is 11.3 Å². The van der Waals surface area contributed by atoms with Gasteiger partial charge in [0.2, 0.25) is 10.0 Å². The Kier molecular flexibility index (Phi) is 4.31. The maximum atomic E-state index is 12.3. The molecule has 6 nitrogen and oxygen atoms in total. The molecule has 0 radical (unpaired) electrons. The number of nitrogen functional groups attached to an aromatic ring is 1. The highest BCUT2D eigenvalue weighted by Crippen LogP contribution is 2.21. The average molecular weight is 272 g/mol. The summed E-state index contributed by atoms with van der Waals surface area (Å²) >= 11 is 0. The summed E-state index contributed by atoms with van der Waals surface area (Å²) in [5.41, 5.74) is 2.23. The molecule has 1 aromatic rings. The van der Waals surface area contributed by atoms with Gasteiger partial charge in [-0.25, -0.2) is 23.5 Å². The molecule has 0 aromatic carbocycles. The number of hydrogen-bond acceptors (Lipinski definition) is 5. The number of hydrogen-bond donors (Lipinski definition) is 2. The van der Waals surface area contributed by atoms with Crippen molar-refractivity contribution in [2.45, 2.75) is 25.7 Å². The molecule has 0 fully saturated rings. The molecule has 0 spiro atoms. The Labute approximate surface area is 108 Å². The van der Waals surface area contributed by atoms with Gasteiger partial charge in [-0.15, -0.1) is 0 Å². The molecule has 18 heavy (non-hydrogen) atoms. The molecule has 1 heterocycles. The topological polar surface area (TPSA) is 88.3 Å². The fourth-order valence-corrected chi connectivity index (χ4v) is 2.99. The van der Waals surface area contributed by atoms with Gasteiger partial charge in [-0.05, 0) is 11.5 Å². The molecule has 0 saturated heterocycles. The van der Waals surface area contributed by atoms with Crippen molar-refractivity contribution in [1.82, 2.24) is 9.29 Å². The van der Waals surface area contributed by atoms with Crippen molar-refractivity contribution in [2.75, 3.05) is 19.0 Å². The highest BCUT2D eigenvalue weighted by atomic mass is 32.2. The number of rotatable bonds is 4. The van der Waals surface area contributed by atoms with Gasteiger partial charge in [0.25, 0.3) is 0 Å². The Morgan fingerprint density at radius 3 is 2.56 bits per heavy atom. The largest absolute Gasteiger partial charge is 0.308 e. The minimum absolute atomic E-state index is 0.107. The lowest BCUT2D eigenvalue weighted by Gasteiger charge is -2.26. The second-order valence-corrected chi connectivity index (χ2v) is 7.39. The number of aromatic nitrogens is 1. The van der Waals surface area contributed by atoms with Crippen LogP contribution in [0.15, 0.2) is 23.2 Å². The van der Waals surface area contributed by atoms with Gasteiger partial charge in [0.15, 0.2) is 0 Å². The zero-order valence-corrected chi connectivity index (χ0v) is 12.0. The Morgan fingerprint density at radius 1 is 1.44 bits per heavy atom. The van der Waals surface area contributed by atoms with Crippen LogP contribution in [-0.4, -0.2) is 31.3 Å². The summed E-state index contributed by atoms with van der Waals surface area (Å²) < 4.78 is 26.0. The Morgan fingerprint density at radius 2 is 2.06 bits per heavy atom. The average Bonchev–Trinajstić information content (AvgIpc) is 2.27. The Hall–Kier alpha value is -1.18. The van der Waals surface area contributed by atoms with Crippen LogP contribution in [0.1, 0.15) is 20.8 Å². The lowest BCUT2D eigenvalue weighted by molar-refractivity contribution is 0.311. The monoisotopic (exact) mass is 272 g/mol. The first kappa shape index (κ1) is 14.9. The summed E-state index contributed by atoms with van der Waals surface area (Å²) in [6.07, 6.45) is 1.41. The SMILES string of the molecule is CN(CC(C)(C)C)S(=O)(=O)c1ccnc(NN)c1. The van der Waals surface area contributed by atoms with Crippen molar-refractivity contribution in [3.63, 3.8) is 0 Å². The third-order valence-electron chi connectivity index (χ3n) is 2.28. The Bertz CT molecular complexity index is 508. The van der Waals surface area contributed by atoms with Crippen molar-refractivity contribution in [3.8, 4) is 0 Å². The summed E-state index contributed by atoms with van der Waals surface area (Å²) in [4.78, 5) is 4.06. The number of anilines is 1. The van der Waals surface area contributed by atoms with Crippen molar-refractivity contribution in [1.29, 1.82) is 0 Å². The van der Waals surface area contributed by atoms with Gasteiger partial charge in [-0.1, -0.05) is 20.8 Å². The third kappa shape index (κ3) is 3.66. The number of pyridine rings is 1. The molecular formula is C11H20N4O2S. The molecule has 0 unspecified atom stereocenters. The summed E-state index contributed by atoms with van der Waals surface area (Å²) in [5, 5.41) is 0. The molecule has 0 aliphatic heterocycles. The van der Waals surface area contributed by atoms with Gasteiger partial charge < -0.3 is 5.43 Å². The number of nitrogens with zero attached hydrogens (tertiary/aromatic N) is 2. The van der Waals surface area contributed by atoms with Crippen LogP contribution in [0.3, 0.4) is 0 Å². The first-order chi connectivity index (χ1) is 8.16. The molecule has 0 atom stereocenters. The predicted octanol–water partition coefficient (Wildman–Crippen LogP) is 1.03. The van der Waals surface area contributed by atoms with Crippen molar-refractivity contribution >= 4 is 15.8 Å². The fraction of sp³-hybridized carbons (Fsp3) is 0.545. The van der Waals surface area contributed by atoms with Crippen molar-refractivity contribution < 1.29 is 8.42 Å². The first-order valence-electron chi connectivity index (χ1n) is 5.56. The number of hydrazine groups is 1. The third-order valence-corrected chi connectivity index (χ3v) is 4.08.